The maximum Gasteiger partial charge on any atom is 0.109 e. The summed E-state index contributed by atoms with van der Waals surface area (Å²) in [6.45, 7) is 8.26. The smallest absolute Gasteiger partial charge is 0.109 e. The fourth-order valence-electron chi connectivity index (χ4n) is 1.96. The Morgan fingerprint density at radius 1 is 0.875 bits per heavy atom. The van der Waals surface area contributed by atoms with E-state index in [1.165, 1.54) is 0 Å². The first kappa shape index (κ1) is 15.9. The van der Waals surface area contributed by atoms with E-state index in [0.717, 1.165) is 38.5 Å². The van der Waals surface area contributed by atoms with Crippen LogP contribution in [0.15, 0.2) is 0 Å². The molecule has 0 amide bonds. The molecular formula is C13H29NO2. The lowest BCUT2D eigenvalue weighted by Crippen LogP contribution is -2.47. The zero-order chi connectivity index (χ0) is 12.6. The van der Waals surface area contributed by atoms with Crippen molar-refractivity contribution in [2.45, 2.75) is 84.7 Å². The lowest BCUT2D eigenvalue weighted by Gasteiger charge is -2.35. The van der Waals surface area contributed by atoms with Crippen molar-refractivity contribution in [3.8, 4) is 0 Å². The Hall–Kier alpha value is -0.120. The number of aliphatic hydroxyl groups excluding tert-OH is 2. The summed E-state index contributed by atoms with van der Waals surface area (Å²) in [7, 11) is 0. The number of rotatable bonds is 9. The third kappa shape index (κ3) is 5.83. The van der Waals surface area contributed by atoms with Gasteiger partial charge in [0.2, 0.25) is 0 Å². The van der Waals surface area contributed by atoms with Gasteiger partial charge in [-0.3, -0.25) is 4.90 Å². The van der Waals surface area contributed by atoms with Crippen molar-refractivity contribution in [1.29, 1.82) is 0 Å². The molecule has 0 bridgehead atoms. The minimum absolute atomic E-state index is 0.179. The van der Waals surface area contributed by atoms with Crippen LogP contribution < -0.4 is 0 Å². The van der Waals surface area contributed by atoms with Crippen molar-refractivity contribution in [2.75, 3.05) is 0 Å². The van der Waals surface area contributed by atoms with Crippen LogP contribution in [0.2, 0.25) is 0 Å². The normalized spacial score (nSPS) is 15.8. The molecule has 0 aromatic carbocycles. The third-order valence-electron chi connectivity index (χ3n) is 2.92. The maximum atomic E-state index is 10.0. The lowest BCUT2D eigenvalue weighted by molar-refractivity contribution is -0.125. The third-order valence-corrected chi connectivity index (χ3v) is 2.92. The van der Waals surface area contributed by atoms with Crippen molar-refractivity contribution < 1.29 is 10.2 Å². The van der Waals surface area contributed by atoms with Crippen LogP contribution >= 0.6 is 0 Å². The Labute approximate surface area is 100 Å². The number of unbranched alkanes of at least 4 members (excludes halogenated alkanes) is 2. The van der Waals surface area contributed by atoms with E-state index in [0.29, 0.717) is 0 Å². The van der Waals surface area contributed by atoms with Gasteiger partial charge in [0.15, 0.2) is 0 Å². The van der Waals surface area contributed by atoms with E-state index in [4.69, 9.17) is 0 Å². The Morgan fingerprint density at radius 3 is 1.50 bits per heavy atom. The molecule has 2 N–H and O–H groups in total. The van der Waals surface area contributed by atoms with Crippen LogP contribution in [-0.2, 0) is 0 Å². The lowest BCUT2D eigenvalue weighted by atomic mass is 10.1. The minimum Gasteiger partial charge on any atom is -0.378 e. The second-order valence-corrected chi connectivity index (χ2v) is 4.79. The van der Waals surface area contributed by atoms with Gasteiger partial charge in [-0.25, -0.2) is 0 Å². The van der Waals surface area contributed by atoms with Crippen molar-refractivity contribution in [1.82, 2.24) is 4.90 Å². The second kappa shape index (κ2) is 8.97. The number of hydrogen-bond acceptors (Lipinski definition) is 3. The molecule has 0 heterocycles. The van der Waals surface area contributed by atoms with Crippen LogP contribution in [0.25, 0.3) is 0 Å². The fraction of sp³-hybridized carbons (Fsp3) is 1.00. The van der Waals surface area contributed by atoms with Gasteiger partial charge in [0.05, 0.1) is 0 Å². The van der Waals surface area contributed by atoms with Crippen molar-refractivity contribution in [2.24, 2.45) is 0 Å². The molecule has 3 nitrogen and oxygen atoms in total. The summed E-state index contributed by atoms with van der Waals surface area (Å²) < 4.78 is 0. The van der Waals surface area contributed by atoms with Gasteiger partial charge in [-0.05, 0) is 39.5 Å². The monoisotopic (exact) mass is 231 g/mol. The fourth-order valence-corrected chi connectivity index (χ4v) is 1.96. The van der Waals surface area contributed by atoms with Crippen LogP contribution in [0.4, 0.5) is 0 Å². The van der Waals surface area contributed by atoms with E-state index in [1.807, 2.05) is 18.7 Å². The summed E-state index contributed by atoms with van der Waals surface area (Å²) >= 11 is 0. The first-order chi connectivity index (χ1) is 7.54. The Balaban J connectivity index is 4.23. The molecule has 2 unspecified atom stereocenters. The summed E-state index contributed by atoms with van der Waals surface area (Å²) in [5, 5.41) is 20.1. The van der Waals surface area contributed by atoms with Crippen LogP contribution in [-0.4, -0.2) is 33.6 Å². The summed E-state index contributed by atoms with van der Waals surface area (Å²) in [5.41, 5.74) is 0. The second-order valence-electron chi connectivity index (χ2n) is 4.79. The molecule has 0 aliphatic carbocycles. The van der Waals surface area contributed by atoms with E-state index >= 15 is 0 Å². The standard InChI is InChI=1S/C13H29NO2/c1-5-7-9-12(15)14(11(3)4)13(16)10-8-6-2/h11-13,15-16H,5-10H2,1-4H3. The van der Waals surface area contributed by atoms with Crippen LogP contribution in [0, 0.1) is 0 Å². The molecule has 0 fully saturated rings. The van der Waals surface area contributed by atoms with Gasteiger partial charge in [0.25, 0.3) is 0 Å². The molecule has 0 radical (unpaired) electrons. The summed E-state index contributed by atoms with van der Waals surface area (Å²) in [6, 6.07) is 0.179. The highest BCUT2D eigenvalue weighted by molar-refractivity contribution is 4.70. The van der Waals surface area contributed by atoms with Crippen molar-refractivity contribution in [3.05, 3.63) is 0 Å². The number of nitrogens with zero attached hydrogens (tertiary/aromatic N) is 1. The molecular weight excluding hydrogens is 202 g/mol. The first-order valence-corrected chi connectivity index (χ1v) is 6.68. The Kier molecular flexibility index (Phi) is 8.90. The highest BCUT2D eigenvalue weighted by atomic mass is 16.3. The van der Waals surface area contributed by atoms with E-state index in [2.05, 4.69) is 13.8 Å². The van der Waals surface area contributed by atoms with E-state index in [-0.39, 0.29) is 6.04 Å². The highest BCUT2D eigenvalue weighted by Crippen LogP contribution is 2.16. The van der Waals surface area contributed by atoms with Crippen molar-refractivity contribution in [3.63, 3.8) is 0 Å². The molecule has 0 spiro atoms. The quantitative estimate of drug-likeness (QED) is 0.600. The molecule has 0 aliphatic heterocycles. The topological polar surface area (TPSA) is 43.7 Å². The average molecular weight is 231 g/mol. The molecule has 2 atom stereocenters. The molecule has 98 valence electrons. The molecule has 0 saturated heterocycles. The van der Waals surface area contributed by atoms with Gasteiger partial charge in [-0.15, -0.1) is 0 Å². The van der Waals surface area contributed by atoms with Gasteiger partial charge in [-0.2, -0.15) is 0 Å². The SMILES string of the molecule is CCCCC(O)N(C(C)C)C(O)CCCC. The molecule has 0 aliphatic rings. The van der Waals surface area contributed by atoms with Gasteiger partial charge >= 0.3 is 0 Å². The molecule has 0 aromatic rings. The Morgan fingerprint density at radius 2 is 1.25 bits per heavy atom. The van der Waals surface area contributed by atoms with Gasteiger partial charge < -0.3 is 10.2 Å². The molecule has 0 aromatic heterocycles. The average Bonchev–Trinajstić information content (AvgIpc) is 2.23. The summed E-state index contributed by atoms with van der Waals surface area (Å²) in [5.74, 6) is 0. The van der Waals surface area contributed by atoms with Crippen LogP contribution in [0.1, 0.15) is 66.2 Å². The molecule has 0 saturated carbocycles. The first-order valence-electron chi connectivity index (χ1n) is 6.68. The Bertz CT molecular complexity index is 148. The predicted molar refractivity (Wildman–Crippen MR) is 68.0 cm³/mol. The van der Waals surface area contributed by atoms with E-state index in [1.54, 1.807) is 0 Å². The van der Waals surface area contributed by atoms with Crippen LogP contribution in [0.3, 0.4) is 0 Å². The van der Waals surface area contributed by atoms with Gasteiger partial charge in [0.1, 0.15) is 12.5 Å². The van der Waals surface area contributed by atoms with E-state index < -0.39 is 12.5 Å². The number of aliphatic hydroxyl groups is 2. The number of hydrogen-bond donors (Lipinski definition) is 2. The van der Waals surface area contributed by atoms with Gasteiger partial charge in [0, 0.05) is 6.04 Å². The highest BCUT2D eigenvalue weighted by Gasteiger charge is 2.24. The largest absolute Gasteiger partial charge is 0.378 e. The zero-order valence-electron chi connectivity index (χ0n) is 11.3. The predicted octanol–water partition coefficient (Wildman–Crippen LogP) is 2.71. The van der Waals surface area contributed by atoms with Gasteiger partial charge in [-0.1, -0.05) is 26.7 Å². The minimum atomic E-state index is -0.508. The molecule has 3 heteroatoms. The van der Waals surface area contributed by atoms with Crippen LogP contribution in [0.5, 0.6) is 0 Å². The molecule has 16 heavy (non-hydrogen) atoms. The zero-order valence-corrected chi connectivity index (χ0v) is 11.3. The molecule has 0 rings (SSSR count). The van der Waals surface area contributed by atoms with Crippen molar-refractivity contribution >= 4 is 0 Å². The summed E-state index contributed by atoms with van der Waals surface area (Å²) in [6.07, 6.45) is 4.65. The summed E-state index contributed by atoms with van der Waals surface area (Å²) in [4.78, 5) is 1.82. The maximum absolute atomic E-state index is 10.0. The van der Waals surface area contributed by atoms with E-state index in [9.17, 15) is 10.2 Å².